The van der Waals surface area contributed by atoms with Crippen molar-refractivity contribution in [1.29, 1.82) is 0 Å². The van der Waals surface area contributed by atoms with E-state index < -0.39 is 9.84 Å². The average Bonchev–Trinajstić information content (AvgIpc) is 4.02. The Hall–Kier alpha value is 0.330. The molecule has 4 aromatic carbocycles. The van der Waals surface area contributed by atoms with E-state index in [1.807, 2.05) is 138 Å². The van der Waals surface area contributed by atoms with Crippen molar-refractivity contribution < 1.29 is 8.42 Å². The third-order valence-corrected chi connectivity index (χ3v) is 23.8. The normalized spacial score (nSPS) is 22.7. The van der Waals surface area contributed by atoms with Crippen molar-refractivity contribution in [2.75, 3.05) is 46.0 Å². The van der Waals surface area contributed by atoms with E-state index in [1.54, 1.807) is 0 Å². The van der Waals surface area contributed by atoms with E-state index in [0.717, 1.165) is 65.6 Å². The lowest BCUT2D eigenvalue weighted by atomic mass is 10.1. The van der Waals surface area contributed by atoms with Gasteiger partial charge in [-0.1, -0.05) is 67.4 Å². The predicted octanol–water partition coefficient (Wildman–Crippen LogP) is 12.0. The molecule has 4 aliphatic rings. The van der Waals surface area contributed by atoms with E-state index >= 15 is 0 Å². The van der Waals surface area contributed by atoms with E-state index in [9.17, 15) is 8.42 Å². The van der Waals surface area contributed by atoms with Gasteiger partial charge in [-0.15, -0.1) is 47.0 Å². The largest absolute Gasteiger partial charge is 0.218 e. The molecule has 4 heterocycles. The molecular weight excluding hydrogens is 817 g/mol. The first kappa shape index (κ1) is 36.3. The van der Waals surface area contributed by atoms with Gasteiger partial charge in [-0.2, -0.15) is 23.5 Å². The molecule has 0 saturated carbocycles. The van der Waals surface area contributed by atoms with Crippen LogP contribution in [0.3, 0.4) is 0 Å². The molecule has 0 aliphatic carbocycles. The van der Waals surface area contributed by atoms with Gasteiger partial charge in [0.1, 0.15) is 0 Å². The minimum absolute atomic E-state index is 0.374. The van der Waals surface area contributed by atoms with Crippen LogP contribution >= 0.6 is 114 Å². The summed E-state index contributed by atoms with van der Waals surface area (Å²) in [6.07, 6.45) is 0. The molecule has 0 radical (unpaired) electrons. The van der Waals surface area contributed by atoms with Crippen LogP contribution in [0.1, 0.15) is 0 Å². The maximum atomic E-state index is 15.0. The number of sulfone groups is 1. The Bertz CT molecular complexity index is 1740. The van der Waals surface area contributed by atoms with Gasteiger partial charge < -0.3 is 0 Å². The summed E-state index contributed by atoms with van der Waals surface area (Å²) in [5, 5.41) is 2.85. The monoisotopic (exact) mass is 850 g/mol. The fourth-order valence-corrected chi connectivity index (χ4v) is 17.3. The summed E-state index contributed by atoms with van der Waals surface area (Å²) in [4.78, 5) is 5.45. The van der Waals surface area contributed by atoms with Crippen molar-refractivity contribution in [1.82, 2.24) is 0 Å². The summed E-state index contributed by atoms with van der Waals surface area (Å²) in [5.74, 6) is 9.22. The molecule has 0 bridgehead atoms. The molecule has 8 rings (SSSR count). The predicted molar refractivity (Wildman–Crippen MR) is 232 cm³/mol. The van der Waals surface area contributed by atoms with E-state index in [0.29, 0.717) is 20.3 Å². The molecule has 0 N–H and O–H groups in total. The lowest BCUT2D eigenvalue weighted by Gasteiger charge is -2.23. The molecule has 4 aromatic rings. The number of hydrogen-bond donors (Lipinski definition) is 0. The third kappa shape index (κ3) is 9.53. The molecule has 4 atom stereocenters. The molecule has 13 heteroatoms. The van der Waals surface area contributed by atoms with Crippen molar-refractivity contribution in [3.8, 4) is 22.3 Å². The molecule has 49 heavy (non-hydrogen) atoms. The first-order valence-corrected chi connectivity index (χ1v) is 28.3. The Labute approximate surface area is 332 Å². The zero-order chi connectivity index (χ0) is 33.2. The van der Waals surface area contributed by atoms with Crippen molar-refractivity contribution in [2.24, 2.45) is 0 Å². The summed E-state index contributed by atoms with van der Waals surface area (Å²) in [6, 6.07) is 29.0. The lowest BCUT2D eigenvalue weighted by molar-refractivity contribution is 0.596. The molecule has 0 spiro atoms. The van der Waals surface area contributed by atoms with Crippen molar-refractivity contribution >= 4 is 124 Å². The topological polar surface area (TPSA) is 34.1 Å². The van der Waals surface area contributed by atoms with Crippen LogP contribution in [0.15, 0.2) is 114 Å². The molecule has 256 valence electrons. The summed E-state index contributed by atoms with van der Waals surface area (Å²) >= 11 is 11.5. The maximum Gasteiger partial charge on any atom is 0.207 e. The smallest absolute Gasteiger partial charge is 0.207 e. The fraction of sp³-hybridized carbons (Fsp3) is 0.333. The molecule has 0 aromatic heterocycles. The maximum absolute atomic E-state index is 15.0. The molecule has 2 nitrogen and oxygen atoms in total. The zero-order valence-electron chi connectivity index (χ0n) is 26.4. The molecule has 4 saturated heterocycles. The summed E-state index contributed by atoms with van der Waals surface area (Å²) in [7, 11) is 3.87. The number of hydrogen-bond acceptors (Lipinski definition) is 12. The van der Waals surface area contributed by atoms with Crippen LogP contribution in [0.25, 0.3) is 22.3 Å². The molecule has 0 amide bonds. The second-order valence-corrected chi connectivity index (χ2v) is 26.4. The fourth-order valence-electron chi connectivity index (χ4n) is 5.26. The van der Waals surface area contributed by atoms with Gasteiger partial charge in [-0.05, 0) is 71.8 Å². The minimum atomic E-state index is -3.88. The van der Waals surface area contributed by atoms with Gasteiger partial charge in [0.05, 0.1) is 9.79 Å². The van der Waals surface area contributed by atoms with E-state index in [2.05, 4.69) is 60.7 Å². The highest BCUT2D eigenvalue weighted by Crippen LogP contribution is 2.46. The first-order chi connectivity index (χ1) is 24.0. The average molecular weight is 851 g/mol. The minimum Gasteiger partial charge on any atom is -0.218 e. The Morgan fingerprint density at radius 1 is 0.490 bits per heavy atom. The van der Waals surface area contributed by atoms with Crippen LogP contribution in [0.4, 0.5) is 0 Å². The number of benzene rings is 4. The second kappa shape index (κ2) is 16.8. The van der Waals surface area contributed by atoms with Gasteiger partial charge in [0.25, 0.3) is 0 Å². The standard InChI is InChI=1S/C36H34O2S11/c37-49(38,35-11-9-27(41-19-31-21-45-47-31)13-33(35)23-1-5-25(6-2-23)39-15-29-17-43-29)36-12-10-28(42-20-32-22-46-48-32)14-34(36)24-3-7-26(8-4-24)40-16-30-18-44-30/h1-14,29-32H,15-22H2. The SMILES string of the molecule is O=S(=O)(c1ccc(SCC2CSS2)cc1-c1ccc(SCC2CS2)cc1)c1ccc(SCC2CSS2)cc1-c1ccc(SCC2CS2)cc1. The van der Waals surface area contributed by atoms with Crippen molar-refractivity contribution in [2.45, 2.75) is 50.4 Å². The molecule has 4 unspecified atom stereocenters. The van der Waals surface area contributed by atoms with Gasteiger partial charge in [0.15, 0.2) is 0 Å². The van der Waals surface area contributed by atoms with Gasteiger partial charge in [-0.3, -0.25) is 0 Å². The highest BCUT2D eigenvalue weighted by molar-refractivity contribution is 8.80. The summed E-state index contributed by atoms with van der Waals surface area (Å²) in [5.41, 5.74) is 3.45. The Balaban J connectivity index is 1.14. The first-order valence-electron chi connectivity index (χ1n) is 16.0. The van der Waals surface area contributed by atoms with Gasteiger partial charge in [0.2, 0.25) is 9.84 Å². The van der Waals surface area contributed by atoms with Crippen molar-refractivity contribution in [3.63, 3.8) is 0 Å². The lowest BCUT2D eigenvalue weighted by Crippen LogP contribution is -2.15. The summed E-state index contributed by atoms with van der Waals surface area (Å²) < 4.78 is 29.9. The zero-order valence-corrected chi connectivity index (χ0v) is 35.3. The van der Waals surface area contributed by atoms with E-state index in [4.69, 9.17) is 0 Å². The van der Waals surface area contributed by atoms with Crippen LogP contribution in [0.2, 0.25) is 0 Å². The highest BCUT2D eigenvalue weighted by Gasteiger charge is 2.28. The van der Waals surface area contributed by atoms with Crippen LogP contribution in [-0.2, 0) is 9.84 Å². The highest BCUT2D eigenvalue weighted by atomic mass is 33.1. The Morgan fingerprint density at radius 2 is 0.837 bits per heavy atom. The third-order valence-electron chi connectivity index (χ3n) is 8.28. The van der Waals surface area contributed by atoms with Crippen LogP contribution in [-0.4, -0.2) is 75.4 Å². The number of thioether (sulfide) groups is 6. The Morgan fingerprint density at radius 3 is 1.18 bits per heavy atom. The summed E-state index contributed by atoms with van der Waals surface area (Å²) in [6.45, 7) is 0. The van der Waals surface area contributed by atoms with E-state index in [1.165, 1.54) is 32.8 Å². The van der Waals surface area contributed by atoms with Crippen LogP contribution in [0.5, 0.6) is 0 Å². The number of rotatable bonds is 16. The van der Waals surface area contributed by atoms with Crippen molar-refractivity contribution in [3.05, 3.63) is 84.9 Å². The van der Waals surface area contributed by atoms with E-state index in [-0.39, 0.29) is 0 Å². The van der Waals surface area contributed by atoms with Gasteiger partial charge in [0, 0.05) is 97.7 Å². The Kier molecular flexibility index (Phi) is 12.4. The molecule has 4 fully saturated rings. The van der Waals surface area contributed by atoms with Gasteiger partial charge >= 0.3 is 0 Å². The second-order valence-electron chi connectivity index (χ2n) is 12.0. The molecule has 4 aliphatic heterocycles. The van der Waals surface area contributed by atoms with Gasteiger partial charge in [-0.25, -0.2) is 8.42 Å². The molecular formula is C36H34O2S11. The van der Waals surface area contributed by atoms with Crippen LogP contribution < -0.4 is 0 Å². The quantitative estimate of drug-likeness (QED) is 0.0612. The van der Waals surface area contributed by atoms with Crippen LogP contribution in [0, 0.1) is 0 Å².